The molecule has 0 bridgehead atoms. The molecule has 0 heterocycles. The molecule has 0 aliphatic carbocycles. The van der Waals surface area contributed by atoms with Gasteiger partial charge in [0.25, 0.3) is 0 Å². The highest BCUT2D eigenvalue weighted by Gasteiger charge is 2.09. The summed E-state index contributed by atoms with van der Waals surface area (Å²) < 4.78 is 4.79. The first-order chi connectivity index (χ1) is 6.24. The van der Waals surface area contributed by atoms with E-state index in [1.807, 2.05) is 12.1 Å². The molecule has 1 aromatic carbocycles. The Kier molecular flexibility index (Phi) is 3.04. The molecule has 0 aliphatic heterocycles. The summed E-state index contributed by atoms with van der Waals surface area (Å²) in [5.41, 5.74) is 0.463. The first kappa shape index (κ1) is 9.27. The predicted molar refractivity (Wildman–Crippen MR) is 46.9 cm³/mol. The predicted octanol–water partition coefficient (Wildman–Crippen LogP) is 1.76. The summed E-state index contributed by atoms with van der Waals surface area (Å²) in [7, 11) is 0. The maximum atomic E-state index is 11.2. The molecule has 0 aliphatic rings. The van der Waals surface area contributed by atoms with E-state index in [0.29, 0.717) is 5.56 Å². The molecule has 0 saturated heterocycles. The van der Waals surface area contributed by atoms with Crippen molar-refractivity contribution in [3.63, 3.8) is 0 Å². The van der Waals surface area contributed by atoms with Gasteiger partial charge in [-0.2, -0.15) is 5.26 Å². The molecule has 1 aromatic rings. The van der Waals surface area contributed by atoms with Crippen molar-refractivity contribution in [1.82, 2.24) is 0 Å². The largest absolute Gasteiger partial charge is 0.444 e. The van der Waals surface area contributed by atoms with Gasteiger partial charge in [-0.25, -0.2) is 4.79 Å². The number of rotatable bonds is 2. The number of carbonyl (C=O) groups is 1. The fraction of sp³-hybridized carbons (Fsp3) is 0.200. The van der Waals surface area contributed by atoms with Crippen molar-refractivity contribution in [3.05, 3.63) is 35.9 Å². The summed E-state index contributed by atoms with van der Waals surface area (Å²) in [5.74, 6) is -0.463. The Morgan fingerprint density at radius 3 is 2.62 bits per heavy atom. The summed E-state index contributed by atoms with van der Waals surface area (Å²) >= 11 is 0. The topological polar surface area (TPSA) is 50.1 Å². The second-order valence-electron chi connectivity index (χ2n) is 2.54. The van der Waals surface area contributed by atoms with Crippen LogP contribution in [0.25, 0.3) is 0 Å². The minimum atomic E-state index is -0.701. The maximum absolute atomic E-state index is 11.2. The number of carbonyl (C=O) groups excluding carboxylic acids is 1. The van der Waals surface area contributed by atoms with Gasteiger partial charge < -0.3 is 4.74 Å². The molecular formula is C10H9NO2. The molecule has 0 fully saturated rings. The van der Waals surface area contributed by atoms with Crippen LogP contribution in [0, 0.1) is 11.3 Å². The Balaban J connectivity index is 2.66. The van der Waals surface area contributed by atoms with E-state index in [1.54, 1.807) is 24.3 Å². The van der Waals surface area contributed by atoms with Gasteiger partial charge in [0, 0.05) is 0 Å². The van der Waals surface area contributed by atoms with Crippen LogP contribution in [0.15, 0.2) is 30.3 Å². The minimum Gasteiger partial charge on any atom is -0.444 e. The van der Waals surface area contributed by atoms with Crippen molar-refractivity contribution in [2.45, 2.75) is 13.0 Å². The fourth-order valence-electron chi connectivity index (χ4n) is 0.829. The number of nitrogens with zero attached hydrogens (tertiary/aromatic N) is 1. The van der Waals surface area contributed by atoms with E-state index in [2.05, 4.69) is 0 Å². The highest BCUT2D eigenvalue weighted by molar-refractivity contribution is 5.89. The standard InChI is InChI=1S/C10H9NO2/c1-8(7-11)13-10(12)9-5-3-2-4-6-9/h2-6,8H,1H3. The Morgan fingerprint density at radius 1 is 1.46 bits per heavy atom. The van der Waals surface area contributed by atoms with E-state index in [4.69, 9.17) is 10.00 Å². The molecule has 1 rings (SSSR count). The van der Waals surface area contributed by atoms with Gasteiger partial charge in [-0.3, -0.25) is 0 Å². The second-order valence-corrected chi connectivity index (χ2v) is 2.54. The van der Waals surface area contributed by atoms with E-state index in [1.165, 1.54) is 6.92 Å². The molecule has 0 N–H and O–H groups in total. The van der Waals surface area contributed by atoms with Gasteiger partial charge in [0.2, 0.25) is 0 Å². The summed E-state index contributed by atoms with van der Waals surface area (Å²) in [6.07, 6.45) is -0.701. The molecule has 0 saturated carbocycles. The van der Waals surface area contributed by atoms with Crippen LogP contribution in [0.4, 0.5) is 0 Å². The van der Waals surface area contributed by atoms with Crippen molar-refractivity contribution in [1.29, 1.82) is 5.26 Å². The summed E-state index contributed by atoms with van der Waals surface area (Å²) in [4.78, 5) is 11.2. The fourth-order valence-corrected chi connectivity index (χ4v) is 0.829. The van der Waals surface area contributed by atoms with Crippen LogP contribution in [0.2, 0.25) is 0 Å². The van der Waals surface area contributed by atoms with Crippen molar-refractivity contribution in [3.8, 4) is 6.07 Å². The Labute approximate surface area is 76.6 Å². The van der Waals surface area contributed by atoms with Crippen molar-refractivity contribution in [2.75, 3.05) is 0 Å². The zero-order valence-electron chi connectivity index (χ0n) is 7.23. The van der Waals surface area contributed by atoms with Gasteiger partial charge in [0.15, 0.2) is 6.10 Å². The molecule has 0 amide bonds. The van der Waals surface area contributed by atoms with E-state index in [-0.39, 0.29) is 0 Å². The lowest BCUT2D eigenvalue weighted by atomic mass is 10.2. The van der Waals surface area contributed by atoms with E-state index >= 15 is 0 Å². The number of hydrogen-bond acceptors (Lipinski definition) is 3. The maximum Gasteiger partial charge on any atom is 0.339 e. The van der Waals surface area contributed by atoms with E-state index < -0.39 is 12.1 Å². The lowest BCUT2D eigenvalue weighted by Gasteiger charge is -2.04. The van der Waals surface area contributed by atoms with Crippen LogP contribution in [-0.4, -0.2) is 12.1 Å². The third-order valence-corrected chi connectivity index (χ3v) is 1.48. The van der Waals surface area contributed by atoms with Gasteiger partial charge in [-0.05, 0) is 19.1 Å². The first-order valence-corrected chi connectivity index (χ1v) is 3.89. The number of nitriles is 1. The second kappa shape index (κ2) is 4.27. The average Bonchev–Trinajstić information content (AvgIpc) is 2.19. The highest BCUT2D eigenvalue weighted by atomic mass is 16.5. The van der Waals surface area contributed by atoms with Crippen LogP contribution in [0.3, 0.4) is 0 Å². The van der Waals surface area contributed by atoms with Crippen LogP contribution in [0.5, 0.6) is 0 Å². The average molecular weight is 175 g/mol. The number of esters is 1. The third kappa shape index (κ3) is 2.60. The number of ether oxygens (including phenoxy) is 1. The quantitative estimate of drug-likeness (QED) is 0.643. The van der Waals surface area contributed by atoms with Crippen molar-refractivity contribution >= 4 is 5.97 Å². The van der Waals surface area contributed by atoms with Gasteiger partial charge in [-0.1, -0.05) is 18.2 Å². The molecule has 1 unspecified atom stereocenters. The highest BCUT2D eigenvalue weighted by Crippen LogP contribution is 2.02. The van der Waals surface area contributed by atoms with Crippen molar-refractivity contribution in [2.24, 2.45) is 0 Å². The van der Waals surface area contributed by atoms with Crippen LogP contribution < -0.4 is 0 Å². The van der Waals surface area contributed by atoms with Crippen LogP contribution in [0.1, 0.15) is 17.3 Å². The SMILES string of the molecule is CC(C#N)OC(=O)c1ccccc1. The molecule has 66 valence electrons. The van der Waals surface area contributed by atoms with Gasteiger partial charge in [-0.15, -0.1) is 0 Å². The van der Waals surface area contributed by atoms with Gasteiger partial charge in [0.05, 0.1) is 5.56 Å². The van der Waals surface area contributed by atoms with E-state index in [0.717, 1.165) is 0 Å². The molecule has 0 radical (unpaired) electrons. The Bertz CT molecular complexity index is 327. The van der Waals surface area contributed by atoms with Crippen LogP contribution in [-0.2, 0) is 4.74 Å². The van der Waals surface area contributed by atoms with Gasteiger partial charge in [0.1, 0.15) is 6.07 Å². The zero-order chi connectivity index (χ0) is 9.68. The molecule has 13 heavy (non-hydrogen) atoms. The molecule has 0 aromatic heterocycles. The molecule has 3 nitrogen and oxygen atoms in total. The normalized spacial score (nSPS) is 11.4. The summed E-state index contributed by atoms with van der Waals surface area (Å²) in [5, 5.41) is 8.40. The molecule has 0 spiro atoms. The molecular weight excluding hydrogens is 166 g/mol. The monoisotopic (exact) mass is 175 g/mol. The zero-order valence-corrected chi connectivity index (χ0v) is 7.23. The summed E-state index contributed by atoms with van der Waals surface area (Å²) in [6.45, 7) is 1.53. The van der Waals surface area contributed by atoms with E-state index in [9.17, 15) is 4.79 Å². The lowest BCUT2D eigenvalue weighted by Crippen LogP contribution is -2.12. The third-order valence-electron chi connectivity index (χ3n) is 1.48. The lowest BCUT2D eigenvalue weighted by molar-refractivity contribution is 0.0435. The Morgan fingerprint density at radius 2 is 2.08 bits per heavy atom. The van der Waals surface area contributed by atoms with Crippen molar-refractivity contribution < 1.29 is 9.53 Å². The number of hydrogen-bond donors (Lipinski definition) is 0. The minimum absolute atomic E-state index is 0.463. The molecule has 1 atom stereocenters. The smallest absolute Gasteiger partial charge is 0.339 e. The molecule has 3 heteroatoms. The van der Waals surface area contributed by atoms with Crippen LogP contribution >= 0.6 is 0 Å². The Hall–Kier alpha value is -1.82. The van der Waals surface area contributed by atoms with Gasteiger partial charge >= 0.3 is 5.97 Å². The number of benzene rings is 1. The first-order valence-electron chi connectivity index (χ1n) is 3.89. The summed E-state index contributed by atoms with van der Waals surface area (Å²) in [6, 6.07) is 10.4.